The lowest BCUT2D eigenvalue weighted by Gasteiger charge is -2.23. The Labute approximate surface area is 246 Å². The molecule has 1 aliphatic heterocycles. The minimum absolute atomic E-state index is 0.0526. The molecule has 3 aromatic rings. The standard InChI is InChI=1S/C28H26BrN3O8S/c1-5-10-40-25-19(29)11-16(12-20(25)32(35)36)13-23-26(33)31-24(18(27(34)37-4)15-30-28(31)41-23)17-8-9-21(38-6-2)22(14-17)39-7-3/h5,8-9,11-15,24H,1,6-7,10H2,2-4H3/b23-13+/t24-/m0/s1. The molecule has 1 atom stereocenters. The number of ether oxygens (including phenoxy) is 4. The van der Waals surface area contributed by atoms with Crippen LogP contribution in [0, 0.1) is 10.1 Å². The summed E-state index contributed by atoms with van der Waals surface area (Å²) in [7, 11) is 1.25. The minimum atomic E-state index is -0.869. The van der Waals surface area contributed by atoms with Crippen molar-refractivity contribution in [1.29, 1.82) is 0 Å². The summed E-state index contributed by atoms with van der Waals surface area (Å²) in [5, 5.41) is 11.8. The summed E-state index contributed by atoms with van der Waals surface area (Å²) in [6, 6.07) is 7.26. The number of nitro groups is 1. The van der Waals surface area contributed by atoms with E-state index in [4.69, 9.17) is 18.9 Å². The highest BCUT2D eigenvalue weighted by atomic mass is 79.9. The molecule has 0 saturated heterocycles. The molecule has 1 aromatic heterocycles. The summed E-state index contributed by atoms with van der Waals surface area (Å²) in [5.41, 5.74) is 0.413. The summed E-state index contributed by atoms with van der Waals surface area (Å²) in [5.74, 6) is 0.402. The van der Waals surface area contributed by atoms with Crippen molar-refractivity contribution in [1.82, 2.24) is 4.57 Å². The van der Waals surface area contributed by atoms with E-state index in [0.717, 1.165) is 11.3 Å². The molecule has 0 amide bonds. The van der Waals surface area contributed by atoms with Crippen LogP contribution in [0.3, 0.4) is 0 Å². The fraction of sp³-hybridized carbons (Fsp3) is 0.250. The monoisotopic (exact) mass is 643 g/mol. The van der Waals surface area contributed by atoms with Gasteiger partial charge in [0.1, 0.15) is 6.61 Å². The Kier molecular flexibility index (Phi) is 9.40. The number of rotatable bonds is 11. The zero-order valence-electron chi connectivity index (χ0n) is 22.4. The van der Waals surface area contributed by atoms with Gasteiger partial charge in [-0.05, 0) is 65.2 Å². The van der Waals surface area contributed by atoms with E-state index in [0.29, 0.717) is 45.1 Å². The first-order valence-corrected chi connectivity index (χ1v) is 14.0. The number of methoxy groups -OCH3 is 1. The number of fused-ring (bicyclic) bond motifs is 1. The first-order chi connectivity index (χ1) is 19.7. The highest BCUT2D eigenvalue weighted by molar-refractivity contribution is 9.10. The molecular weight excluding hydrogens is 618 g/mol. The van der Waals surface area contributed by atoms with Gasteiger partial charge in [-0.15, -0.1) is 0 Å². The predicted molar refractivity (Wildman–Crippen MR) is 156 cm³/mol. The van der Waals surface area contributed by atoms with Crippen molar-refractivity contribution in [3.8, 4) is 17.2 Å². The van der Waals surface area contributed by atoms with Crippen LogP contribution in [-0.4, -0.2) is 42.4 Å². The predicted octanol–water partition coefficient (Wildman–Crippen LogP) is 4.05. The Morgan fingerprint density at radius 2 is 1.93 bits per heavy atom. The van der Waals surface area contributed by atoms with E-state index in [-0.39, 0.29) is 28.1 Å². The number of aromatic nitrogens is 1. The molecule has 41 heavy (non-hydrogen) atoms. The zero-order chi connectivity index (χ0) is 29.7. The quantitative estimate of drug-likeness (QED) is 0.132. The smallest absolute Gasteiger partial charge is 0.337 e. The number of halogens is 1. The first kappa shape index (κ1) is 29.7. The van der Waals surface area contributed by atoms with Crippen LogP contribution in [0.2, 0.25) is 0 Å². The van der Waals surface area contributed by atoms with E-state index < -0.39 is 22.5 Å². The van der Waals surface area contributed by atoms with E-state index >= 15 is 0 Å². The van der Waals surface area contributed by atoms with E-state index in [9.17, 15) is 19.7 Å². The Bertz CT molecular complexity index is 1730. The van der Waals surface area contributed by atoms with Gasteiger partial charge in [-0.1, -0.05) is 30.1 Å². The summed E-state index contributed by atoms with van der Waals surface area (Å²) in [6.07, 6.45) is 4.39. The molecule has 0 saturated carbocycles. The second-order valence-corrected chi connectivity index (χ2v) is 10.3. The molecule has 0 unspecified atom stereocenters. The van der Waals surface area contributed by atoms with E-state index in [2.05, 4.69) is 27.5 Å². The SMILES string of the molecule is C=CCOc1c(Br)cc(/C=c2/sc3n(c2=O)[C@@H](c2ccc(OCC)c(OCC)c2)C(C(=O)OC)=CN=3)cc1[N+](=O)[O-]. The molecular formula is C28H26BrN3O8S. The van der Waals surface area contributed by atoms with Gasteiger partial charge < -0.3 is 18.9 Å². The molecule has 0 radical (unpaired) electrons. The third-order valence-electron chi connectivity index (χ3n) is 5.89. The van der Waals surface area contributed by atoms with Crippen molar-refractivity contribution in [2.75, 3.05) is 26.9 Å². The zero-order valence-corrected chi connectivity index (χ0v) is 24.8. The molecule has 2 aromatic carbocycles. The summed E-state index contributed by atoms with van der Waals surface area (Å²) in [6.45, 7) is 8.15. The highest BCUT2D eigenvalue weighted by Gasteiger charge is 2.31. The average Bonchev–Trinajstić information content (AvgIpc) is 3.27. The summed E-state index contributed by atoms with van der Waals surface area (Å²) in [4.78, 5) is 42.5. The summed E-state index contributed by atoms with van der Waals surface area (Å²) < 4.78 is 23.9. The topological polar surface area (TPSA) is 131 Å². The third-order valence-corrected chi connectivity index (χ3v) is 7.48. The van der Waals surface area contributed by atoms with Crippen LogP contribution in [0.15, 0.2) is 69.0 Å². The second-order valence-electron chi connectivity index (χ2n) is 8.46. The number of thiazole rings is 1. The van der Waals surface area contributed by atoms with Gasteiger partial charge in [0.25, 0.3) is 5.56 Å². The molecule has 13 heteroatoms. The lowest BCUT2D eigenvalue weighted by atomic mass is 9.97. The van der Waals surface area contributed by atoms with Crippen LogP contribution in [0.25, 0.3) is 6.08 Å². The lowest BCUT2D eigenvalue weighted by molar-refractivity contribution is -0.385. The first-order valence-electron chi connectivity index (χ1n) is 12.4. The molecule has 0 aliphatic carbocycles. The molecule has 4 rings (SSSR count). The maximum absolute atomic E-state index is 13.8. The van der Waals surface area contributed by atoms with Gasteiger partial charge >= 0.3 is 11.7 Å². The number of hydrogen-bond acceptors (Lipinski definition) is 10. The molecule has 0 spiro atoms. The van der Waals surface area contributed by atoms with Crippen molar-refractivity contribution in [3.05, 3.63) is 100 Å². The van der Waals surface area contributed by atoms with Crippen LogP contribution in [-0.2, 0) is 9.53 Å². The molecule has 11 nitrogen and oxygen atoms in total. The van der Waals surface area contributed by atoms with Crippen molar-refractivity contribution in [2.45, 2.75) is 19.9 Å². The molecule has 0 N–H and O–H groups in total. The number of nitrogens with zero attached hydrogens (tertiary/aromatic N) is 3. The fourth-order valence-corrected chi connectivity index (χ4v) is 5.79. The summed E-state index contributed by atoms with van der Waals surface area (Å²) >= 11 is 4.42. The van der Waals surface area contributed by atoms with Gasteiger partial charge in [-0.25, -0.2) is 9.79 Å². The van der Waals surface area contributed by atoms with Crippen LogP contribution in [0.4, 0.5) is 5.69 Å². The van der Waals surface area contributed by atoms with Crippen molar-refractivity contribution >= 4 is 45.0 Å². The van der Waals surface area contributed by atoms with Gasteiger partial charge in [-0.3, -0.25) is 19.5 Å². The number of nitro benzene ring substituents is 1. The highest BCUT2D eigenvalue weighted by Crippen LogP contribution is 2.37. The van der Waals surface area contributed by atoms with Crippen LogP contribution < -0.4 is 29.1 Å². The molecule has 1 aliphatic rings. The maximum atomic E-state index is 13.8. The molecule has 214 valence electrons. The van der Waals surface area contributed by atoms with E-state index in [1.165, 1.54) is 36.1 Å². The Hall–Kier alpha value is -4.23. The normalized spacial score (nSPS) is 14.4. The van der Waals surface area contributed by atoms with E-state index in [1.807, 2.05) is 13.8 Å². The molecule has 0 bridgehead atoms. The number of carbonyl (C=O) groups excluding carboxylic acids is 1. The lowest BCUT2D eigenvalue weighted by Crippen LogP contribution is -2.39. The number of benzene rings is 2. The van der Waals surface area contributed by atoms with Crippen LogP contribution in [0.5, 0.6) is 17.2 Å². The van der Waals surface area contributed by atoms with Crippen LogP contribution >= 0.6 is 27.3 Å². The Morgan fingerprint density at radius 1 is 1.20 bits per heavy atom. The second kappa shape index (κ2) is 13.0. The number of hydrogen-bond donors (Lipinski definition) is 0. The number of carbonyl (C=O) groups is 1. The largest absolute Gasteiger partial charge is 0.490 e. The van der Waals surface area contributed by atoms with Crippen LogP contribution in [0.1, 0.15) is 31.0 Å². The van der Waals surface area contributed by atoms with Gasteiger partial charge in [-0.2, -0.15) is 0 Å². The molecule has 0 fully saturated rings. The van der Waals surface area contributed by atoms with Crippen molar-refractivity contribution in [2.24, 2.45) is 4.99 Å². The average molecular weight is 645 g/mol. The number of esters is 1. The van der Waals surface area contributed by atoms with E-state index in [1.54, 1.807) is 24.3 Å². The maximum Gasteiger partial charge on any atom is 0.337 e. The van der Waals surface area contributed by atoms with Gasteiger partial charge in [0, 0.05) is 12.3 Å². The fourth-order valence-electron chi connectivity index (χ4n) is 4.24. The van der Waals surface area contributed by atoms with Crippen molar-refractivity contribution in [3.63, 3.8) is 0 Å². The van der Waals surface area contributed by atoms with Gasteiger partial charge in [0.2, 0.25) is 5.75 Å². The Morgan fingerprint density at radius 3 is 2.59 bits per heavy atom. The van der Waals surface area contributed by atoms with Crippen molar-refractivity contribution < 1.29 is 28.7 Å². The Balaban J connectivity index is 1.89. The van der Waals surface area contributed by atoms with Gasteiger partial charge in [0.05, 0.1) is 45.9 Å². The minimum Gasteiger partial charge on any atom is -0.490 e. The molecule has 2 heterocycles. The van der Waals surface area contributed by atoms with Gasteiger partial charge in [0.15, 0.2) is 16.3 Å². The third kappa shape index (κ3) is 6.10.